The third-order valence-corrected chi connectivity index (χ3v) is 3.64. The number of amides is 1. The van der Waals surface area contributed by atoms with Gasteiger partial charge in [0.15, 0.2) is 11.5 Å². The predicted molar refractivity (Wildman–Crippen MR) is 91.2 cm³/mol. The number of hydrogen-bond acceptors (Lipinski definition) is 3. The maximum absolute atomic E-state index is 12.1. The van der Waals surface area contributed by atoms with Crippen LogP contribution in [0.1, 0.15) is 12.5 Å². The van der Waals surface area contributed by atoms with Crippen molar-refractivity contribution in [2.24, 2.45) is 0 Å². The highest BCUT2D eigenvalue weighted by atomic mass is 35.5. The summed E-state index contributed by atoms with van der Waals surface area (Å²) in [4.78, 5) is 12.1. The van der Waals surface area contributed by atoms with Gasteiger partial charge in [-0.25, -0.2) is 0 Å². The normalized spacial score (nSPS) is 11.6. The molecule has 0 heterocycles. The number of hydrogen-bond donors (Lipinski definition) is 1. The topological polar surface area (TPSA) is 47.6 Å². The monoisotopic (exact) mass is 333 g/mol. The van der Waals surface area contributed by atoms with Gasteiger partial charge in [0.25, 0.3) is 0 Å². The van der Waals surface area contributed by atoms with E-state index in [1.165, 1.54) is 0 Å². The number of carbonyl (C=O) groups excluding carboxylic acids is 1. The molecule has 0 saturated heterocycles. The van der Waals surface area contributed by atoms with Crippen molar-refractivity contribution in [2.45, 2.75) is 19.4 Å². The van der Waals surface area contributed by atoms with Crippen molar-refractivity contribution in [2.75, 3.05) is 13.7 Å². The molecule has 0 fully saturated rings. The minimum Gasteiger partial charge on any atom is -0.493 e. The quantitative estimate of drug-likeness (QED) is 0.844. The van der Waals surface area contributed by atoms with Gasteiger partial charge in [-0.3, -0.25) is 4.79 Å². The second-order valence-corrected chi connectivity index (χ2v) is 5.61. The number of carbonyl (C=O) groups is 1. The van der Waals surface area contributed by atoms with Gasteiger partial charge in [0.2, 0.25) is 5.91 Å². The lowest BCUT2D eigenvalue weighted by atomic mass is 10.1. The summed E-state index contributed by atoms with van der Waals surface area (Å²) < 4.78 is 10.9. The molecule has 0 aromatic heterocycles. The van der Waals surface area contributed by atoms with Crippen LogP contribution in [0.4, 0.5) is 0 Å². The molecule has 0 aliphatic heterocycles. The van der Waals surface area contributed by atoms with Gasteiger partial charge in [-0.2, -0.15) is 0 Å². The van der Waals surface area contributed by atoms with Crippen molar-refractivity contribution in [3.8, 4) is 11.5 Å². The van der Waals surface area contributed by atoms with E-state index in [9.17, 15) is 4.79 Å². The molecule has 0 aliphatic carbocycles. The molecule has 122 valence electrons. The standard InChI is InChI=1S/C18H20ClNO3/c1-13(12-23-17-10-6-5-9-16(17)22-2)20-18(21)11-14-7-3-4-8-15(14)19/h3-10,13H,11-12H2,1-2H3,(H,20,21)/t13-/m0/s1. The van der Waals surface area contributed by atoms with E-state index in [4.69, 9.17) is 21.1 Å². The summed E-state index contributed by atoms with van der Waals surface area (Å²) in [7, 11) is 1.59. The summed E-state index contributed by atoms with van der Waals surface area (Å²) in [6.07, 6.45) is 0.249. The van der Waals surface area contributed by atoms with Crippen molar-refractivity contribution in [3.05, 3.63) is 59.1 Å². The molecule has 0 unspecified atom stereocenters. The van der Waals surface area contributed by atoms with Crippen LogP contribution in [-0.4, -0.2) is 25.7 Å². The smallest absolute Gasteiger partial charge is 0.224 e. The molecular formula is C18H20ClNO3. The summed E-state index contributed by atoms with van der Waals surface area (Å²) in [6, 6.07) is 14.6. The second kappa shape index (κ2) is 8.44. The Labute approximate surface area is 141 Å². The molecule has 1 N–H and O–H groups in total. The van der Waals surface area contributed by atoms with Gasteiger partial charge in [0, 0.05) is 5.02 Å². The summed E-state index contributed by atoms with van der Waals surface area (Å²) >= 11 is 6.06. The minimum atomic E-state index is -0.130. The molecular weight excluding hydrogens is 314 g/mol. The number of halogens is 1. The third kappa shape index (κ3) is 5.18. The van der Waals surface area contributed by atoms with Crippen LogP contribution in [-0.2, 0) is 11.2 Å². The first-order valence-corrected chi connectivity index (χ1v) is 7.76. The maximum atomic E-state index is 12.1. The van der Waals surface area contributed by atoms with E-state index in [2.05, 4.69) is 5.32 Å². The van der Waals surface area contributed by atoms with Gasteiger partial charge in [-0.05, 0) is 30.7 Å². The lowest BCUT2D eigenvalue weighted by molar-refractivity contribution is -0.121. The Kier molecular flexibility index (Phi) is 6.29. The van der Waals surface area contributed by atoms with Crippen LogP contribution in [0.5, 0.6) is 11.5 Å². The predicted octanol–water partition coefficient (Wildman–Crippen LogP) is 3.47. The van der Waals surface area contributed by atoms with Crippen LogP contribution in [0.2, 0.25) is 5.02 Å². The van der Waals surface area contributed by atoms with E-state index in [1.807, 2.05) is 49.4 Å². The molecule has 2 aromatic rings. The van der Waals surface area contributed by atoms with Crippen molar-refractivity contribution in [1.82, 2.24) is 5.32 Å². The molecule has 5 heteroatoms. The Balaban J connectivity index is 1.83. The molecule has 0 spiro atoms. The van der Waals surface area contributed by atoms with Crippen LogP contribution >= 0.6 is 11.6 Å². The Morgan fingerprint density at radius 1 is 1.13 bits per heavy atom. The Morgan fingerprint density at radius 3 is 2.48 bits per heavy atom. The Morgan fingerprint density at radius 2 is 1.78 bits per heavy atom. The Bertz CT molecular complexity index is 660. The van der Waals surface area contributed by atoms with E-state index < -0.39 is 0 Å². The molecule has 1 atom stereocenters. The first-order chi connectivity index (χ1) is 11.1. The average Bonchev–Trinajstić information content (AvgIpc) is 2.55. The summed E-state index contributed by atoms with van der Waals surface area (Å²) in [5.74, 6) is 1.23. The van der Waals surface area contributed by atoms with E-state index in [0.29, 0.717) is 23.1 Å². The van der Waals surface area contributed by atoms with Crippen LogP contribution < -0.4 is 14.8 Å². The lowest BCUT2D eigenvalue weighted by Gasteiger charge is -2.16. The number of methoxy groups -OCH3 is 1. The van der Waals surface area contributed by atoms with E-state index in [1.54, 1.807) is 13.2 Å². The van der Waals surface area contributed by atoms with Gasteiger partial charge in [-0.1, -0.05) is 41.9 Å². The molecule has 1 amide bonds. The largest absolute Gasteiger partial charge is 0.493 e. The van der Waals surface area contributed by atoms with Crippen LogP contribution in [0, 0.1) is 0 Å². The molecule has 2 aromatic carbocycles. The average molecular weight is 334 g/mol. The number of rotatable bonds is 7. The zero-order chi connectivity index (χ0) is 16.7. The van der Waals surface area contributed by atoms with Gasteiger partial charge < -0.3 is 14.8 Å². The fourth-order valence-corrected chi connectivity index (χ4v) is 2.34. The molecule has 0 saturated carbocycles. The number of ether oxygens (including phenoxy) is 2. The zero-order valence-electron chi connectivity index (χ0n) is 13.2. The van der Waals surface area contributed by atoms with Gasteiger partial charge >= 0.3 is 0 Å². The molecule has 23 heavy (non-hydrogen) atoms. The van der Waals surface area contributed by atoms with Gasteiger partial charge in [-0.15, -0.1) is 0 Å². The van der Waals surface area contributed by atoms with E-state index in [0.717, 1.165) is 5.56 Å². The van der Waals surface area contributed by atoms with Crippen LogP contribution in [0.3, 0.4) is 0 Å². The lowest BCUT2D eigenvalue weighted by Crippen LogP contribution is -2.37. The fraction of sp³-hybridized carbons (Fsp3) is 0.278. The molecule has 0 bridgehead atoms. The number of benzene rings is 2. The zero-order valence-corrected chi connectivity index (χ0v) is 14.0. The highest BCUT2D eigenvalue weighted by Crippen LogP contribution is 2.25. The van der Waals surface area contributed by atoms with Crippen molar-refractivity contribution in [3.63, 3.8) is 0 Å². The molecule has 0 radical (unpaired) electrons. The maximum Gasteiger partial charge on any atom is 0.224 e. The molecule has 0 aliphatic rings. The summed E-state index contributed by atoms with van der Waals surface area (Å²) in [6.45, 7) is 2.24. The van der Waals surface area contributed by atoms with E-state index in [-0.39, 0.29) is 18.4 Å². The SMILES string of the molecule is COc1ccccc1OC[C@H](C)NC(=O)Cc1ccccc1Cl. The first kappa shape index (κ1) is 17.2. The highest BCUT2D eigenvalue weighted by molar-refractivity contribution is 6.31. The second-order valence-electron chi connectivity index (χ2n) is 5.20. The van der Waals surface area contributed by atoms with Crippen molar-refractivity contribution in [1.29, 1.82) is 0 Å². The molecule has 4 nitrogen and oxygen atoms in total. The number of nitrogens with one attached hydrogen (secondary N) is 1. The highest BCUT2D eigenvalue weighted by Gasteiger charge is 2.11. The van der Waals surface area contributed by atoms with Crippen molar-refractivity contribution >= 4 is 17.5 Å². The number of para-hydroxylation sites is 2. The Hall–Kier alpha value is -2.20. The van der Waals surface area contributed by atoms with Gasteiger partial charge in [0.05, 0.1) is 19.6 Å². The van der Waals surface area contributed by atoms with Crippen LogP contribution in [0.25, 0.3) is 0 Å². The van der Waals surface area contributed by atoms with Gasteiger partial charge in [0.1, 0.15) is 6.61 Å². The van der Waals surface area contributed by atoms with Crippen LogP contribution in [0.15, 0.2) is 48.5 Å². The summed E-state index contributed by atoms with van der Waals surface area (Å²) in [5.41, 5.74) is 0.810. The molecule has 2 rings (SSSR count). The third-order valence-electron chi connectivity index (χ3n) is 3.27. The first-order valence-electron chi connectivity index (χ1n) is 7.38. The summed E-state index contributed by atoms with van der Waals surface area (Å²) in [5, 5.41) is 3.50. The van der Waals surface area contributed by atoms with E-state index >= 15 is 0 Å². The van der Waals surface area contributed by atoms with Crippen molar-refractivity contribution < 1.29 is 14.3 Å². The fourth-order valence-electron chi connectivity index (χ4n) is 2.14. The minimum absolute atomic E-state index is 0.0887.